The highest BCUT2D eigenvalue weighted by Crippen LogP contribution is 2.38. The number of para-hydroxylation sites is 1. The fourth-order valence-corrected chi connectivity index (χ4v) is 4.04. The molecule has 0 spiro atoms. The predicted molar refractivity (Wildman–Crippen MR) is 124 cm³/mol. The zero-order valence-corrected chi connectivity index (χ0v) is 17.9. The number of fused-ring (bicyclic) bond motifs is 1. The number of nitro benzene ring substituents is 1. The van der Waals surface area contributed by atoms with Crippen LogP contribution in [0.3, 0.4) is 0 Å². The molecule has 162 valence electrons. The van der Waals surface area contributed by atoms with Gasteiger partial charge >= 0.3 is 0 Å². The van der Waals surface area contributed by atoms with Gasteiger partial charge in [-0.25, -0.2) is 0 Å². The van der Waals surface area contributed by atoms with Crippen LogP contribution in [0, 0.1) is 10.1 Å². The van der Waals surface area contributed by atoms with E-state index in [4.69, 9.17) is 11.6 Å². The molecule has 1 amide bonds. The molecule has 8 heteroatoms. The summed E-state index contributed by atoms with van der Waals surface area (Å²) in [6, 6.07) is 17.6. The molecule has 0 aliphatic carbocycles. The first kappa shape index (κ1) is 21.5. The third-order valence-electron chi connectivity index (χ3n) is 5.38. The minimum atomic E-state index is -0.515. The van der Waals surface area contributed by atoms with Gasteiger partial charge < -0.3 is 10.3 Å². The first-order valence-electron chi connectivity index (χ1n) is 10.2. The third kappa shape index (κ3) is 4.78. The summed E-state index contributed by atoms with van der Waals surface area (Å²) >= 11 is 6.21. The highest BCUT2D eigenvalue weighted by atomic mass is 35.5. The van der Waals surface area contributed by atoms with E-state index >= 15 is 0 Å². The van der Waals surface area contributed by atoms with Crippen LogP contribution in [-0.4, -0.2) is 27.3 Å². The number of rotatable bonds is 8. The summed E-state index contributed by atoms with van der Waals surface area (Å²) in [5.74, 6) is -0.709. The lowest BCUT2D eigenvalue weighted by Crippen LogP contribution is -2.27. The van der Waals surface area contributed by atoms with Crippen molar-refractivity contribution in [3.8, 4) is 0 Å². The minimum absolute atomic E-state index is 0.0184. The number of benzene rings is 2. The largest absolute Gasteiger partial charge is 0.361 e. The number of carbonyl (C=O) groups excluding carboxylic acids is 1. The SMILES string of the molecule is O=C(C[C@@H](c1ccccc1[N+](=O)[O-])c1c[nH]c2ccc(Cl)cc12)NCCc1ccccn1. The number of amides is 1. The van der Waals surface area contributed by atoms with Crippen molar-refractivity contribution in [2.75, 3.05) is 6.54 Å². The Kier molecular flexibility index (Phi) is 6.47. The van der Waals surface area contributed by atoms with Crippen LogP contribution in [0.1, 0.15) is 29.2 Å². The van der Waals surface area contributed by atoms with Crippen molar-refractivity contribution in [2.24, 2.45) is 0 Å². The second-order valence-electron chi connectivity index (χ2n) is 7.43. The summed E-state index contributed by atoms with van der Waals surface area (Å²) in [5.41, 5.74) is 2.99. The van der Waals surface area contributed by atoms with Crippen LogP contribution >= 0.6 is 11.6 Å². The lowest BCUT2D eigenvalue weighted by atomic mass is 9.87. The number of carbonyl (C=O) groups is 1. The maximum absolute atomic E-state index is 12.9. The lowest BCUT2D eigenvalue weighted by Gasteiger charge is -2.17. The Hall–Kier alpha value is -3.71. The Bertz CT molecular complexity index is 1260. The topological polar surface area (TPSA) is 101 Å². The Morgan fingerprint density at radius 3 is 2.72 bits per heavy atom. The third-order valence-corrected chi connectivity index (χ3v) is 5.61. The van der Waals surface area contributed by atoms with Gasteiger partial charge in [-0.15, -0.1) is 0 Å². The van der Waals surface area contributed by atoms with Gasteiger partial charge in [-0.05, 0) is 35.9 Å². The van der Waals surface area contributed by atoms with Crippen LogP contribution in [0.25, 0.3) is 10.9 Å². The van der Waals surface area contributed by atoms with Crippen LogP contribution in [0.4, 0.5) is 5.69 Å². The van der Waals surface area contributed by atoms with Crippen molar-refractivity contribution in [3.05, 3.63) is 105 Å². The Labute approximate surface area is 189 Å². The summed E-state index contributed by atoms with van der Waals surface area (Å²) < 4.78 is 0. The van der Waals surface area contributed by atoms with Gasteiger partial charge in [0.2, 0.25) is 5.91 Å². The van der Waals surface area contributed by atoms with E-state index in [-0.39, 0.29) is 18.0 Å². The van der Waals surface area contributed by atoms with Gasteiger partial charge in [-0.3, -0.25) is 19.9 Å². The van der Waals surface area contributed by atoms with Crippen molar-refractivity contribution in [3.63, 3.8) is 0 Å². The molecule has 0 fully saturated rings. The van der Waals surface area contributed by atoms with E-state index in [0.29, 0.717) is 23.6 Å². The van der Waals surface area contributed by atoms with Gasteiger partial charge in [0.05, 0.1) is 4.92 Å². The summed E-state index contributed by atoms with van der Waals surface area (Å²) in [6.07, 6.45) is 4.17. The van der Waals surface area contributed by atoms with Crippen molar-refractivity contribution in [2.45, 2.75) is 18.8 Å². The Balaban J connectivity index is 1.63. The number of nitrogens with zero attached hydrogens (tertiary/aromatic N) is 2. The standard InChI is InChI=1S/C24H21ClN4O3/c25-16-8-9-22-20(13-16)21(15-28-22)19(18-6-1-2-7-23(18)29(31)32)14-24(30)27-12-10-17-5-3-4-11-26-17/h1-9,11,13,15,19,28H,10,12,14H2,(H,27,30)/t19-/m0/s1. The first-order valence-corrected chi connectivity index (χ1v) is 10.6. The van der Waals surface area contributed by atoms with Crippen LogP contribution in [0.2, 0.25) is 5.02 Å². The molecule has 2 N–H and O–H groups in total. The van der Waals surface area contributed by atoms with Crippen LogP contribution in [-0.2, 0) is 11.2 Å². The van der Waals surface area contributed by atoms with Crippen molar-refractivity contribution >= 4 is 34.1 Å². The molecular weight excluding hydrogens is 428 g/mol. The highest BCUT2D eigenvalue weighted by molar-refractivity contribution is 6.31. The van der Waals surface area contributed by atoms with E-state index in [1.54, 1.807) is 36.7 Å². The van der Waals surface area contributed by atoms with E-state index in [0.717, 1.165) is 22.2 Å². The minimum Gasteiger partial charge on any atom is -0.361 e. The Morgan fingerprint density at radius 2 is 1.94 bits per heavy atom. The summed E-state index contributed by atoms with van der Waals surface area (Å²) in [7, 11) is 0. The van der Waals surface area contributed by atoms with Crippen molar-refractivity contribution in [1.82, 2.24) is 15.3 Å². The molecule has 4 aromatic rings. The molecule has 2 aromatic heterocycles. The van der Waals surface area contributed by atoms with Gasteiger partial charge in [0.25, 0.3) is 5.69 Å². The molecule has 2 heterocycles. The first-order chi connectivity index (χ1) is 15.5. The molecule has 0 aliphatic rings. The van der Waals surface area contributed by atoms with Crippen LogP contribution < -0.4 is 5.32 Å². The normalized spacial score (nSPS) is 11.9. The molecule has 0 bridgehead atoms. The molecular formula is C24H21ClN4O3. The number of hydrogen-bond donors (Lipinski definition) is 2. The van der Waals surface area contributed by atoms with E-state index < -0.39 is 10.8 Å². The van der Waals surface area contributed by atoms with Crippen LogP contribution in [0.15, 0.2) is 73.1 Å². The summed E-state index contributed by atoms with van der Waals surface area (Å²) in [5, 5.41) is 16.0. The number of H-pyrrole nitrogens is 1. The van der Waals surface area contributed by atoms with E-state index in [1.165, 1.54) is 6.07 Å². The van der Waals surface area contributed by atoms with Gasteiger partial charge in [-0.1, -0.05) is 35.9 Å². The van der Waals surface area contributed by atoms with Gasteiger partial charge in [0.15, 0.2) is 0 Å². The number of nitrogens with one attached hydrogen (secondary N) is 2. The van der Waals surface area contributed by atoms with Crippen LogP contribution in [0.5, 0.6) is 0 Å². The monoisotopic (exact) mass is 448 g/mol. The summed E-state index contributed by atoms with van der Waals surface area (Å²) in [6.45, 7) is 0.430. The predicted octanol–water partition coefficient (Wildman–Crippen LogP) is 5.01. The number of aromatic nitrogens is 2. The van der Waals surface area contributed by atoms with Crippen molar-refractivity contribution in [1.29, 1.82) is 0 Å². The molecule has 32 heavy (non-hydrogen) atoms. The molecule has 4 rings (SSSR count). The van der Waals surface area contributed by atoms with E-state index in [9.17, 15) is 14.9 Å². The average molecular weight is 449 g/mol. The highest BCUT2D eigenvalue weighted by Gasteiger charge is 2.27. The molecule has 7 nitrogen and oxygen atoms in total. The zero-order valence-electron chi connectivity index (χ0n) is 17.1. The lowest BCUT2D eigenvalue weighted by molar-refractivity contribution is -0.385. The number of halogens is 1. The fraction of sp³-hybridized carbons (Fsp3) is 0.167. The molecule has 0 saturated carbocycles. The maximum atomic E-state index is 12.9. The molecule has 1 atom stereocenters. The zero-order chi connectivity index (χ0) is 22.5. The van der Waals surface area contributed by atoms with E-state index in [2.05, 4.69) is 15.3 Å². The van der Waals surface area contributed by atoms with Gasteiger partial charge in [0, 0.05) is 70.9 Å². The second-order valence-corrected chi connectivity index (χ2v) is 7.86. The number of aromatic amines is 1. The maximum Gasteiger partial charge on any atom is 0.273 e. The molecule has 0 saturated heterocycles. The molecule has 0 aliphatic heterocycles. The Morgan fingerprint density at radius 1 is 1.12 bits per heavy atom. The van der Waals surface area contributed by atoms with Crippen molar-refractivity contribution < 1.29 is 9.72 Å². The molecule has 0 unspecified atom stereocenters. The quantitative estimate of drug-likeness (QED) is 0.292. The van der Waals surface area contributed by atoms with E-state index in [1.807, 2.05) is 30.3 Å². The average Bonchev–Trinajstić information content (AvgIpc) is 3.21. The van der Waals surface area contributed by atoms with Gasteiger partial charge in [-0.2, -0.15) is 0 Å². The smallest absolute Gasteiger partial charge is 0.273 e. The number of hydrogen-bond acceptors (Lipinski definition) is 4. The fourth-order valence-electron chi connectivity index (χ4n) is 3.87. The number of nitro groups is 1. The molecule has 2 aromatic carbocycles. The second kappa shape index (κ2) is 9.62. The summed E-state index contributed by atoms with van der Waals surface area (Å²) in [4.78, 5) is 31.6. The number of pyridine rings is 1. The van der Waals surface area contributed by atoms with Gasteiger partial charge in [0.1, 0.15) is 0 Å². The molecule has 0 radical (unpaired) electrons.